The molecule has 0 unspecified atom stereocenters. The van der Waals surface area contributed by atoms with Crippen molar-refractivity contribution in [1.82, 2.24) is 4.90 Å². The first-order valence-corrected chi connectivity index (χ1v) is 11.2. The van der Waals surface area contributed by atoms with Crippen molar-refractivity contribution in [3.63, 3.8) is 0 Å². The molecule has 9 heteroatoms. The van der Waals surface area contributed by atoms with Crippen molar-refractivity contribution in [3.8, 4) is 0 Å². The molecule has 2 aromatic carbocycles. The van der Waals surface area contributed by atoms with Crippen LogP contribution in [0.3, 0.4) is 0 Å². The van der Waals surface area contributed by atoms with E-state index in [1.165, 1.54) is 13.0 Å². The predicted octanol–water partition coefficient (Wildman–Crippen LogP) is 3.75. The molecule has 1 aliphatic heterocycles. The second kappa shape index (κ2) is 10.3. The zero-order valence-electron chi connectivity index (χ0n) is 19.6. The number of piperazine rings is 1. The van der Waals surface area contributed by atoms with Gasteiger partial charge in [0, 0.05) is 68.7 Å². The lowest BCUT2D eigenvalue weighted by atomic mass is 10.1. The van der Waals surface area contributed by atoms with Crippen LogP contribution in [0.2, 0.25) is 0 Å². The van der Waals surface area contributed by atoms with E-state index < -0.39 is 10.8 Å². The van der Waals surface area contributed by atoms with Gasteiger partial charge < -0.3 is 20.0 Å². The van der Waals surface area contributed by atoms with Gasteiger partial charge in [-0.1, -0.05) is 0 Å². The van der Waals surface area contributed by atoms with Crippen molar-refractivity contribution in [2.75, 3.05) is 47.8 Å². The highest BCUT2D eigenvalue weighted by Gasteiger charge is 2.26. The van der Waals surface area contributed by atoms with E-state index in [2.05, 4.69) is 31.0 Å². The molecule has 0 bridgehead atoms. The average molecular weight is 454 g/mol. The number of carbonyl (C=O) groups is 2. The van der Waals surface area contributed by atoms with Crippen LogP contribution in [0.4, 0.5) is 22.7 Å². The van der Waals surface area contributed by atoms with Gasteiger partial charge in [-0.05, 0) is 57.2 Å². The van der Waals surface area contributed by atoms with Gasteiger partial charge in [0.1, 0.15) is 5.69 Å². The molecule has 2 aromatic rings. The number of anilines is 3. The van der Waals surface area contributed by atoms with E-state index in [-0.39, 0.29) is 17.2 Å². The maximum absolute atomic E-state index is 12.8. The van der Waals surface area contributed by atoms with E-state index in [4.69, 9.17) is 0 Å². The largest absolute Gasteiger partial charge is 0.369 e. The molecule has 0 aromatic heterocycles. The summed E-state index contributed by atoms with van der Waals surface area (Å²) in [7, 11) is 0. The number of hydrogen-bond acceptors (Lipinski definition) is 6. The SMILES string of the molecule is CCN(c1ccc(NC(=O)c2ccc(N3CCN(C(C)=O)CC3)c([N+](=O)[O-])c2)cc1)C(C)C. The van der Waals surface area contributed by atoms with Crippen molar-refractivity contribution < 1.29 is 14.5 Å². The van der Waals surface area contributed by atoms with Crippen LogP contribution >= 0.6 is 0 Å². The number of rotatable bonds is 7. The Balaban J connectivity index is 1.74. The Labute approximate surface area is 194 Å². The molecular formula is C24H31N5O4. The van der Waals surface area contributed by atoms with E-state index in [0.29, 0.717) is 43.6 Å². The minimum absolute atomic E-state index is 0.00388. The highest BCUT2D eigenvalue weighted by molar-refractivity contribution is 6.05. The van der Waals surface area contributed by atoms with Crippen molar-refractivity contribution in [1.29, 1.82) is 0 Å². The van der Waals surface area contributed by atoms with Crippen LogP contribution in [0.5, 0.6) is 0 Å². The highest BCUT2D eigenvalue weighted by Crippen LogP contribution is 2.30. The fourth-order valence-corrected chi connectivity index (χ4v) is 4.13. The Hall–Kier alpha value is -3.62. The molecule has 0 spiro atoms. The van der Waals surface area contributed by atoms with E-state index in [0.717, 1.165) is 12.2 Å². The smallest absolute Gasteiger partial charge is 0.293 e. The number of nitro groups is 1. The van der Waals surface area contributed by atoms with Crippen LogP contribution in [-0.4, -0.2) is 60.4 Å². The minimum atomic E-state index is -0.469. The fourth-order valence-electron chi connectivity index (χ4n) is 4.13. The van der Waals surface area contributed by atoms with Gasteiger partial charge in [0.15, 0.2) is 0 Å². The summed E-state index contributed by atoms with van der Waals surface area (Å²) in [5.74, 6) is -0.411. The molecule has 0 aliphatic carbocycles. The summed E-state index contributed by atoms with van der Waals surface area (Å²) in [6.45, 7) is 10.8. The molecule has 2 amide bonds. The van der Waals surface area contributed by atoms with Crippen LogP contribution in [0.25, 0.3) is 0 Å². The Bertz CT molecular complexity index is 1010. The molecule has 1 heterocycles. The summed E-state index contributed by atoms with van der Waals surface area (Å²) in [5, 5.41) is 14.6. The Morgan fingerprint density at radius 2 is 1.73 bits per heavy atom. The number of nitro benzene ring substituents is 1. The van der Waals surface area contributed by atoms with Crippen LogP contribution in [0.1, 0.15) is 38.1 Å². The molecule has 0 radical (unpaired) electrons. The van der Waals surface area contributed by atoms with Crippen molar-refractivity contribution in [3.05, 3.63) is 58.1 Å². The molecule has 3 rings (SSSR count). The summed E-state index contributed by atoms with van der Waals surface area (Å²) in [4.78, 5) is 41.4. The Kier molecular flexibility index (Phi) is 7.52. The predicted molar refractivity (Wildman–Crippen MR) is 130 cm³/mol. The van der Waals surface area contributed by atoms with Crippen molar-refractivity contribution in [2.45, 2.75) is 33.7 Å². The monoisotopic (exact) mass is 453 g/mol. The Morgan fingerprint density at radius 1 is 1.09 bits per heavy atom. The number of carbonyl (C=O) groups excluding carboxylic acids is 2. The van der Waals surface area contributed by atoms with Gasteiger partial charge in [-0.15, -0.1) is 0 Å². The van der Waals surface area contributed by atoms with Crippen LogP contribution in [-0.2, 0) is 4.79 Å². The zero-order valence-corrected chi connectivity index (χ0v) is 19.6. The van der Waals surface area contributed by atoms with Gasteiger partial charge in [0.05, 0.1) is 4.92 Å². The molecule has 1 fully saturated rings. The summed E-state index contributed by atoms with van der Waals surface area (Å²) in [5.41, 5.74) is 2.24. The summed E-state index contributed by atoms with van der Waals surface area (Å²) >= 11 is 0. The molecule has 1 aliphatic rings. The number of amides is 2. The molecular weight excluding hydrogens is 422 g/mol. The third kappa shape index (κ3) is 5.60. The van der Waals surface area contributed by atoms with Crippen molar-refractivity contribution in [2.24, 2.45) is 0 Å². The standard InChI is InChI=1S/C24H31N5O4/c1-5-28(17(2)3)21-9-7-20(8-10-21)25-24(31)19-6-11-22(23(16-19)29(32)33)27-14-12-26(13-15-27)18(4)30/h6-11,16-17H,5,12-15H2,1-4H3,(H,25,31). The normalized spacial score (nSPS) is 13.7. The van der Waals surface area contributed by atoms with Crippen LogP contribution in [0, 0.1) is 10.1 Å². The second-order valence-corrected chi connectivity index (χ2v) is 8.33. The molecule has 33 heavy (non-hydrogen) atoms. The number of nitrogens with one attached hydrogen (secondary N) is 1. The highest BCUT2D eigenvalue weighted by atomic mass is 16.6. The molecule has 1 saturated heterocycles. The lowest BCUT2D eigenvalue weighted by molar-refractivity contribution is -0.384. The van der Waals surface area contributed by atoms with E-state index in [1.807, 2.05) is 29.2 Å². The fraction of sp³-hybridized carbons (Fsp3) is 0.417. The lowest BCUT2D eigenvalue weighted by Gasteiger charge is -2.35. The molecule has 176 valence electrons. The summed E-state index contributed by atoms with van der Waals surface area (Å²) < 4.78 is 0. The number of hydrogen-bond donors (Lipinski definition) is 1. The van der Waals surface area contributed by atoms with Gasteiger partial charge in [-0.2, -0.15) is 0 Å². The maximum Gasteiger partial charge on any atom is 0.293 e. The first kappa shape index (κ1) is 24.0. The molecule has 9 nitrogen and oxygen atoms in total. The third-order valence-electron chi connectivity index (χ3n) is 5.92. The Morgan fingerprint density at radius 3 is 2.24 bits per heavy atom. The van der Waals surface area contributed by atoms with E-state index in [1.54, 1.807) is 17.0 Å². The number of benzene rings is 2. The van der Waals surface area contributed by atoms with Crippen LogP contribution in [0.15, 0.2) is 42.5 Å². The lowest BCUT2D eigenvalue weighted by Crippen LogP contribution is -2.48. The third-order valence-corrected chi connectivity index (χ3v) is 5.92. The van der Waals surface area contributed by atoms with Gasteiger partial charge in [-0.25, -0.2) is 0 Å². The second-order valence-electron chi connectivity index (χ2n) is 8.33. The van der Waals surface area contributed by atoms with Gasteiger partial charge in [0.25, 0.3) is 11.6 Å². The topological polar surface area (TPSA) is 99.0 Å². The van der Waals surface area contributed by atoms with Gasteiger partial charge in [-0.3, -0.25) is 19.7 Å². The molecule has 1 N–H and O–H groups in total. The van der Waals surface area contributed by atoms with Gasteiger partial charge >= 0.3 is 0 Å². The first-order valence-electron chi connectivity index (χ1n) is 11.2. The van der Waals surface area contributed by atoms with Crippen molar-refractivity contribution >= 4 is 34.6 Å². The zero-order chi connectivity index (χ0) is 24.1. The number of nitrogens with zero attached hydrogens (tertiary/aromatic N) is 4. The van der Waals surface area contributed by atoms with Crippen LogP contribution < -0.4 is 15.1 Å². The average Bonchev–Trinajstić information content (AvgIpc) is 2.80. The van der Waals surface area contributed by atoms with E-state index >= 15 is 0 Å². The van der Waals surface area contributed by atoms with Gasteiger partial charge in [0.2, 0.25) is 5.91 Å². The minimum Gasteiger partial charge on any atom is -0.369 e. The summed E-state index contributed by atoms with van der Waals surface area (Å²) in [6, 6.07) is 12.4. The maximum atomic E-state index is 12.8. The quantitative estimate of drug-likeness (QED) is 0.506. The first-order chi connectivity index (χ1) is 15.7. The molecule has 0 atom stereocenters. The molecule has 0 saturated carbocycles. The van der Waals surface area contributed by atoms with E-state index in [9.17, 15) is 19.7 Å². The summed E-state index contributed by atoms with van der Waals surface area (Å²) in [6.07, 6.45) is 0.